The van der Waals surface area contributed by atoms with Gasteiger partial charge in [-0.1, -0.05) is 30.9 Å². The topological polar surface area (TPSA) is 172 Å². The van der Waals surface area contributed by atoms with Crippen LogP contribution in [0.2, 0.25) is 0 Å². The van der Waals surface area contributed by atoms with Crippen LogP contribution in [0.25, 0.3) is 0 Å². The number of hydrogen-bond donors (Lipinski definition) is 5. The predicted molar refractivity (Wildman–Crippen MR) is 137 cm³/mol. The van der Waals surface area contributed by atoms with Gasteiger partial charge in [-0.15, -0.1) is 0 Å². The van der Waals surface area contributed by atoms with Gasteiger partial charge in [-0.05, 0) is 36.1 Å². The van der Waals surface area contributed by atoms with Crippen LogP contribution in [0.3, 0.4) is 0 Å². The van der Waals surface area contributed by atoms with Crippen molar-refractivity contribution in [1.29, 1.82) is 0 Å². The van der Waals surface area contributed by atoms with Gasteiger partial charge in [0.25, 0.3) is 0 Å². The number of fused-ring (bicyclic) bond motifs is 3. The molecule has 5 N–H and O–H groups in total. The van der Waals surface area contributed by atoms with Crippen LogP contribution in [-0.2, 0) is 35.0 Å². The maximum atomic E-state index is 12.9. The molecule has 216 valence electrons. The number of esters is 2. The zero-order valence-corrected chi connectivity index (χ0v) is 22.0. The average Bonchev–Trinajstić information content (AvgIpc) is 3.36. The SMILES string of the molecule is C=C1C(=O)O[C@@H]2[C@H]3C(C)=C(O[C@@H]4O[C@H](CO)[C@@H](O)[C@H](O)[C@H]4O)C[C@H]3C(=C)C[C@H](OC(=O)Cc3ccc(O)cc3)[C@@H]12. The van der Waals surface area contributed by atoms with Gasteiger partial charge in [-0.2, -0.15) is 0 Å². The Bertz CT molecular complexity index is 1220. The van der Waals surface area contributed by atoms with E-state index in [1.54, 1.807) is 19.1 Å². The first-order valence-electron chi connectivity index (χ1n) is 13.2. The van der Waals surface area contributed by atoms with Crippen LogP contribution in [0, 0.1) is 17.8 Å². The van der Waals surface area contributed by atoms with E-state index < -0.39 is 67.4 Å². The second-order valence-electron chi connectivity index (χ2n) is 10.9. The standard InChI is InChI=1S/C29H34O11/c1-12-8-19(37-21(32)9-15-4-6-16(31)7-5-15)23-14(3)28(36)40-27(23)22-13(2)18(10-17(12)22)38-29-26(35)25(34)24(33)20(11-30)39-29/h4-7,17,19-20,22-27,29-31,33-35H,1,3,8-11H2,2H3/t17-,19-,20+,22-,23+,24+,25-,26+,27+,29+/m0/s1. The Kier molecular flexibility index (Phi) is 7.77. The minimum absolute atomic E-state index is 0.0230. The Labute approximate surface area is 230 Å². The molecule has 2 saturated heterocycles. The quantitative estimate of drug-likeness (QED) is 0.188. The molecule has 2 aliphatic carbocycles. The van der Waals surface area contributed by atoms with Crippen LogP contribution >= 0.6 is 0 Å². The van der Waals surface area contributed by atoms with Gasteiger partial charge in [-0.3, -0.25) is 4.79 Å². The average molecular weight is 559 g/mol. The van der Waals surface area contributed by atoms with Gasteiger partial charge in [0.2, 0.25) is 6.29 Å². The Morgan fingerprint density at radius 2 is 1.75 bits per heavy atom. The highest BCUT2D eigenvalue weighted by atomic mass is 16.7. The summed E-state index contributed by atoms with van der Waals surface area (Å²) in [6, 6.07) is 6.22. The summed E-state index contributed by atoms with van der Waals surface area (Å²) in [7, 11) is 0. The summed E-state index contributed by atoms with van der Waals surface area (Å²) in [6.45, 7) is 9.41. The molecule has 2 heterocycles. The second kappa shape index (κ2) is 11.0. The lowest BCUT2D eigenvalue weighted by atomic mass is 9.80. The zero-order valence-electron chi connectivity index (χ0n) is 22.0. The Morgan fingerprint density at radius 1 is 1.05 bits per heavy atom. The lowest BCUT2D eigenvalue weighted by molar-refractivity contribution is -0.292. The maximum Gasteiger partial charge on any atom is 0.334 e. The summed E-state index contributed by atoms with van der Waals surface area (Å²) >= 11 is 0. The molecule has 2 aliphatic heterocycles. The molecular formula is C29H34O11. The molecule has 3 fully saturated rings. The van der Waals surface area contributed by atoms with Crippen LogP contribution in [-0.4, -0.2) is 87.0 Å². The molecule has 0 amide bonds. The number of benzene rings is 1. The molecule has 0 spiro atoms. The fourth-order valence-electron chi connectivity index (χ4n) is 6.28. The van der Waals surface area contributed by atoms with Crippen molar-refractivity contribution in [2.24, 2.45) is 17.8 Å². The molecule has 1 saturated carbocycles. The lowest BCUT2D eigenvalue weighted by Gasteiger charge is -2.40. The van der Waals surface area contributed by atoms with Crippen molar-refractivity contribution in [3.8, 4) is 5.75 Å². The lowest BCUT2D eigenvalue weighted by Crippen LogP contribution is -2.59. The number of aliphatic hydroxyl groups is 4. The molecule has 0 bridgehead atoms. The molecule has 11 nitrogen and oxygen atoms in total. The number of aromatic hydroxyl groups is 1. The highest BCUT2D eigenvalue weighted by Gasteiger charge is 2.56. The highest BCUT2D eigenvalue weighted by molar-refractivity contribution is 5.91. The number of hydrogen-bond acceptors (Lipinski definition) is 11. The van der Waals surface area contributed by atoms with Gasteiger partial charge < -0.3 is 44.5 Å². The van der Waals surface area contributed by atoms with E-state index >= 15 is 0 Å². The second-order valence-corrected chi connectivity index (χ2v) is 10.9. The molecule has 40 heavy (non-hydrogen) atoms. The Morgan fingerprint density at radius 3 is 2.42 bits per heavy atom. The smallest absolute Gasteiger partial charge is 0.334 e. The van der Waals surface area contributed by atoms with E-state index in [4.69, 9.17) is 18.9 Å². The number of carbonyl (C=O) groups excluding carboxylic acids is 2. The summed E-state index contributed by atoms with van der Waals surface area (Å²) in [6.07, 6.45) is -7.99. The van der Waals surface area contributed by atoms with Gasteiger partial charge in [0.05, 0.1) is 24.7 Å². The number of carbonyl (C=O) groups is 2. The van der Waals surface area contributed by atoms with E-state index in [2.05, 4.69) is 13.2 Å². The number of phenolic OH excluding ortho intramolecular Hbond substituents is 1. The summed E-state index contributed by atoms with van der Waals surface area (Å²) in [5.74, 6) is -1.77. The number of phenols is 1. The zero-order chi connectivity index (χ0) is 28.9. The van der Waals surface area contributed by atoms with E-state index in [0.29, 0.717) is 17.7 Å². The molecule has 4 aliphatic rings. The van der Waals surface area contributed by atoms with Gasteiger partial charge in [0.15, 0.2) is 0 Å². The largest absolute Gasteiger partial charge is 0.508 e. The molecule has 10 atom stereocenters. The van der Waals surface area contributed by atoms with Crippen LogP contribution < -0.4 is 0 Å². The van der Waals surface area contributed by atoms with Crippen molar-refractivity contribution in [2.45, 2.75) is 69.1 Å². The first-order valence-corrected chi connectivity index (χ1v) is 13.2. The summed E-state index contributed by atoms with van der Waals surface area (Å²) in [5.41, 5.74) is 2.35. The van der Waals surface area contributed by atoms with Crippen molar-refractivity contribution >= 4 is 11.9 Å². The number of ether oxygens (including phenoxy) is 4. The third-order valence-electron chi connectivity index (χ3n) is 8.46. The molecule has 11 heteroatoms. The van der Waals surface area contributed by atoms with Crippen LogP contribution in [0.1, 0.15) is 25.3 Å². The predicted octanol–water partition coefficient (Wildman–Crippen LogP) is 0.631. The van der Waals surface area contributed by atoms with Gasteiger partial charge in [0.1, 0.15) is 42.4 Å². The number of aliphatic hydroxyl groups excluding tert-OH is 4. The first kappa shape index (κ1) is 28.3. The van der Waals surface area contributed by atoms with Crippen molar-refractivity contribution < 1.29 is 54.1 Å². The van der Waals surface area contributed by atoms with Crippen LogP contribution in [0.15, 0.2) is 59.9 Å². The fraction of sp³-hybridized carbons (Fsp3) is 0.517. The van der Waals surface area contributed by atoms with Gasteiger partial charge >= 0.3 is 11.9 Å². The normalized spacial score (nSPS) is 37.5. The molecule has 0 unspecified atom stereocenters. The molecule has 5 rings (SSSR count). The van der Waals surface area contributed by atoms with Crippen LogP contribution in [0.5, 0.6) is 5.75 Å². The fourth-order valence-corrected chi connectivity index (χ4v) is 6.28. The third-order valence-corrected chi connectivity index (χ3v) is 8.46. The minimum atomic E-state index is -1.58. The van der Waals surface area contributed by atoms with E-state index in [1.807, 2.05) is 0 Å². The van der Waals surface area contributed by atoms with E-state index in [0.717, 1.165) is 11.1 Å². The Hall–Kier alpha value is -3.22. The van der Waals surface area contributed by atoms with Crippen molar-refractivity contribution in [3.05, 3.63) is 65.5 Å². The van der Waals surface area contributed by atoms with Crippen molar-refractivity contribution in [1.82, 2.24) is 0 Å². The minimum Gasteiger partial charge on any atom is -0.508 e. The highest BCUT2D eigenvalue weighted by Crippen LogP contribution is 2.53. The first-order chi connectivity index (χ1) is 19.0. The number of rotatable bonds is 6. The van der Waals surface area contributed by atoms with Gasteiger partial charge in [-0.25, -0.2) is 4.79 Å². The molecule has 0 radical (unpaired) electrons. The van der Waals surface area contributed by atoms with Gasteiger partial charge in [0, 0.05) is 24.3 Å². The van der Waals surface area contributed by atoms with Crippen molar-refractivity contribution in [2.75, 3.05) is 6.61 Å². The summed E-state index contributed by atoms with van der Waals surface area (Å²) in [5, 5.41) is 49.7. The maximum absolute atomic E-state index is 12.9. The monoisotopic (exact) mass is 558 g/mol. The Balaban J connectivity index is 1.37. The molecule has 1 aromatic carbocycles. The molecule has 1 aromatic rings. The van der Waals surface area contributed by atoms with E-state index in [1.165, 1.54) is 12.1 Å². The van der Waals surface area contributed by atoms with Crippen molar-refractivity contribution in [3.63, 3.8) is 0 Å². The van der Waals surface area contributed by atoms with E-state index in [-0.39, 0.29) is 36.0 Å². The molecule has 0 aromatic heterocycles. The summed E-state index contributed by atoms with van der Waals surface area (Å²) in [4.78, 5) is 25.6. The van der Waals surface area contributed by atoms with E-state index in [9.17, 15) is 35.1 Å². The summed E-state index contributed by atoms with van der Waals surface area (Å²) < 4.78 is 23.2. The number of allylic oxidation sites excluding steroid dienone is 1. The molecular weight excluding hydrogens is 524 g/mol. The van der Waals surface area contributed by atoms with Crippen LogP contribution in [0.4, 0.5) is 0 Å². The third kappa shape index (κ3) is 5.04.